The number of aryl methyl sites for hydroxylation is 1. The topological polar surface area (TPSA) is 60.9 Å². The molecular formula is C16H22N2O3. The Kier molecular flexibility index (Phi) is 5.09. The number of likely N-dealkylation sites (N-methyl/N-ethyl adjacent to an activating group) is 1. The van der Waals surface area contributed by atoms with Crippen molar-refractivity contribution in [3.8, 4) is 0 Å². The van der Waals surface area contributed by atoms with Gasteiger partial charge in [-0.3, -0.25) is 9.69 Å². The minimum absolute atomic E-state index is 0.000508. The van der Waals surface area contributed by atoms with Gasteiger partial charge in [0.05, 0.1) is 12.1 Å². The Bertz CT molecular complexity index is 534. The molecule has 5 heteroatoms. The lowest BCUT2D eigenvalue weighted by atomic mass is 10.0. The SMILES string of the molecule is CCN1CCN(CC(=O)c2cc(C(=O)O)ccc2C)CC1. The lowest BCUT2D eigenvalue weighted by Gasteiger charge is -2.33. The lowest BCUT2D eigenvalue weighted by Crippen LogP contribution is -2.47. The first-order valence-electron chi connectivity index (χ1n) is 7.33. The Balaban J connectivity index is 2.03. The molecule has 0 amide bonds. The van der Waals surface area contributed by atoms with Crippen molar-refractivity contribution in [3.05, 3.63) is 34.9 Å². The van der Waals surface area contributed by atoms with Crippen LogP contribution in [0, 0.1) is 6.92 Å². The van der Waals surface area contributed by atoms with Crippen LogP contribution in [0.3, 0.4) is 0 Å². The van der Waals surface area contributed by atoms with Gasteiger partial charge >= 0.3 is 5.97 Å². The predicted molar refractivity (Wildman–Crippen MR) is 81.0 cm³/mol. The monoisotopic (exact) mass is 290 g/mol. The average molecular weight is 290 g/mol. The maximum atomic E-state index is 12.4. The number of Topliss-reactive ketones (excluding diaryl/α,β-unsaturated/α-hetero) is 1. The van der Waals surface area contributed by atoms with Crippen molar-refractivity contribution in [3.63, 3.8) is 0 Å². The Morgan fingerprint density at radius 2 is 1.76 bits per heavy atom. The second-order valence-electron chi connectivity index (χ2n) is 5.47. The van der Waals surface area contributed by atoms with Gasteiger partial charge in [-0.25, -0.2) is 4.79 Å². The fraction of sp³-hybridized carbons (Fsp3) is 0.500. The van der Waals surface area contributed by atoms with E-state index < -0.39 is 5.97 Å². The number of rotatable bonds is 5. The highest BCUT2D eigenvalue weighted by molar-refractivity contribution is 6.01. The summed E-state index contributed by atoms with van der Waals surface area (Å²) < 4.78 is 0. The van der Waals surface area contributed by atoms with Crippen LogP contribution in [0.25, 0.3) is 0 Å². The van der Waals surface area contributed by atoms with Gasteiger partial charge in [0.25, 0.3) is 0 Å². The number of carboxylic acid groups (broad SMARTS) is 1. The maximum Gasteiger partial charge on any atom is 0.335 e. The highest BCUT2D eigenvalue weighted by Crippen LogP contribution is 2.13. The van der Waals surface area contributed by atoms with Gasteiger partial charge in [0.15, 0.2) is 5.78 Å². The van der Waals surface area contributed by atoms with E-state index in [-0.39, 0.29) is 11.3 Å². The summed E-state index contributed by atoms with van der Waals surface area (Å²) in [5, 5.41) is 9.03. The number of carboxylic acids is 1. The molecule has 0 saturated carbocycles. The van der Waals surface area contributed by atoms with Gasteiger partial charge in [-0.15, -0.1) is 0 Å². The average Bonchev–Trinajstić information content (AvgIpc) is 2.48. The summed E-state index contributed by atoms with van der Waals surface area (Å²) in [6.45, 7) is 9.13. The number of aromatic carboxylic acids is 1. The third-order valence-corrected chi connectivity index (χ3v) is 4.06. The molecule has 0 aromatic heterocycles. The smallest absolute Gasteiger partial charge is 0.335 e. The molecule has 1 heterocycles. The lowest BCUT2D eigenvalue weighted by molar-refractivity contribution is 0.0697. The second kappa shape index (κ2) is 6.83. The molecule has 1 N–H and O–H groups in total. The molecule has 1 aromatic carbocycles. The van der Waals surface area contributed by atoms with E-state index in [1.54, 1.807) is 6.07 Å². The number of carbonyl (C=O) groups excluding carboxylic acids is 1. The second-order valence-corrected chi connectivity index (χ2v) is 5.47. The van der Waals surface area contributed by atoms with Gasteiger partial charge in [0, 0.05) is 31.7 Å². The zero-order valence-electron chi connectivity index (χ0n) is 12.6. The van der Waals surface area contributed by atoms with E-state index in [1.807, 2.05) is 6.92 Å². The molecule has 0 aliphatic carbocycles. The van der Waals surface area contributed by atoms with Crippen molar-refractivity contribution < 1.29 is 14.7 Å². The van der Waals surface area contributed by atoms with Crippen molar-refractivity contribution in [1.82, 2.24) is 9.80 Å². The van der Waals surface area contributed by atoms with E-state index in [0.717, 1.165) is 38.3 Å². The highest BCUT2D eigenvalue weighted by atomic mass is 16.4. The summed E-state index contributed by atoms with van der Waals surface area (Å²) in [6.07, 6.45) is 0. The molecule has 1 saturated heterocycles. The summed E-state index contributed by atoms with van der Waals surface area (Å²) in [5.74, 6) is -0.999. The van der Waals surface area contributed by atoms with Crippen LogP contribution in [-0.2, 0) is 0 Å². The Hall–Kier alpha value is -1.72. The fourth-order valence-electron chi connectivity index (χ4n) is 2.61. The highest BCUT2D eigenvalue weighted by Gasteiger charge is 2.20. The van der Waals surface area contributed by atoms with Crippen LogP contribution in [0.15, 0.2) is 18.2 Å². The van der Waals surface area contributed by atoms with Gasteiger partial charge < -0.3 is 10.0 Å². The normalized spacial score (nSPS) is 16.9. The number of piperazine rings is 1. The minimum Gasteiger partial charge on any atom is -0.478 e. The number of hydrogen-bond acceptors (Lipinski definition) is 4. The van der Waals surface area contributed by atoms with E-state index in [1.165, 1.54) is 12.1 Å². The van der Waals surface area contributed by atoms with E-state index in [2.05, 4.69) is 16.7 Å². The molecule has 0 bridgehead atoms. The van der Waals surface area contributed by atoms with Crippen molar-refractivity contribution >= 4 is 11.8 Å². The molecule has 21 heavy (non-hydrogen) atoms. The van der Waals surface area contributed by atoms with Gasteiger partial charge in [-0.1, -0.05) is 13.0 Å². The fourth-order valence-corrected chi connectivity index (χ4v) is 2.61. The standard InChI is InChI=1S/C16H22N2O3/c1-3-17-6-8-18(9-7-17)11-15(19)14-10-13(16(20)21)5-4-12(14)2/h4-5,10H,3,6-9,11H2,1-2H3,(H,20,21). The summed E-state index contributed by atoms with van der Waals surface area (Å²) in [7, 11) is 0. The van der Waals surface area contributed by atoms with E-state index in [9.17, 15) is 9.59 Å². The van der Waals surface area contributed by atoms with Crippen molar-refractivity contribution in [2.45, 2.75) is 13.8 Å². The summed E-state index contributed by atoms with van der Waals surface area (Å²) in [4.78, 5) is 27.9. The zero-order valence-corrected chi connectivity index (χ0v) is 12.6. The van der Waals surface area contributed by atoms with Crippen LogP contribution in [0.4, 0.5) is 0 Å². The van der Waals surface area contributed by atoms with Crippen molar-refractivity contribution in [2.75, 3.05) is 39.3 Å². The Morgan fingerprint density at radius 1 is 1.14 bits per heavy atom. The molecule has 5 nitrogen and oxygen atoms in total. The van der Waals surface area contributed by atoms with Crippen LogP contribution >= 0.6 is 0 Å². The van der Waals surface area contributed by atoms with E-state index >= 15 is 0 Å². The number of ketones is 1. The minimum atomic E-state index is -0.999. The van der Waals surface area contributed by atoms with Crippen LogP contribution in [0.2, 0.25) is 0 Å². The van der Waals surface area contributed by atoms with Crippen molar-refractivity contribution in [2.24, 2.45) is 0 Å². The Morgan fingerprint density at radius 3 is 2.33 bits per heavy atom. The van der Waals surface area contributed by atoms with Crippen molar-refractivity contribution in [1.29, 1.82) is 0 Å². The van der Waals surface area contributed by atoms with Gasteiger partial charge in [-0.05, 0) is 31.2 Å². The molecule has 0 spiro atoms. The largest absolute Gasteiger partial charge is 0.478 e. The van der Waals surface area contributed by atoms with Crippen LogP contribution in [-0.4, -0.2) is 65.9 Å². The van der Waals surface area contributed by atoms with Gasteiger partial charge in [0.2, 0.25) is 0 Å². The summed E-state index contributed by atoms with van der Waals surface area (Å²) in [5.41, 5.74) is 1.52. The molecule has 0 unspecified atom stereocenters. The summed E-state index contributed by atoms with van der Waals surface area (Å²) in [6, 6.07) is 4.72. The molecular weight excluding hydrogens is 268 g/mol. The maximum absolute atomic E-state index is 12.4. The number of carbonyl (C=O) groups is 2. The van der Waals surface area contributed by atoms with Crippen LogP contribution in [0.5, 0.6) is 0 Å². The number of nitrogens with zero attached hydrogens (tertiary/aromatic N) is 2. The summed E-state index contributed by atoms with van der Waals surface area (Å²) >= 11 is 0. The molecule has 114 valence electrons. The number of benzene rings is 1. The van der Waals surface area contributed by atoms with E-state index in [0.29, 0.717) is 12.1 Å². The first kappa shape index (κ1) is 15.7. The predicted octanol–water partition coefficient (Wildman–Crippen LogP) is 1.51. The van der Waals surface area contributed by atoms with Crippen LogP contribution in [0.1, 0.15) is 33.2 Å². The number of hydrogen-bond donors (Lipinski definition) is 1. The first-order valence-corrected chi connectivity index (χ1v) is 7.33. The molecule has 0 atom stereocenters. The van der Waals surface area contributed by atoms with Crippen LogP contribution < -0.4 is 0 Å². The zero-order chi connectivity index (χ0) is 15.4. The molecule has 1 aliphatic heterocycles. The third kappa shape index (κ3) is 3.89. The quantitative estimate of drug-likeness (QED) is 0.833. The molecule has 0 radical (unpaired) electrons. The molecule has 1 aromatic rings. The first-order chi connectivity index (χ1) is 10.0. The Labute approximate surface area is 125 Å². The molecule has 1 fully saturated rings. The third-order valence-electron chi connectivity index (χ3n) is 4.06. The van der Waals surface area contributed by atoms with E-state index in [4.69, 9.17) is 5.11 Å². The molecule has 1 aliphatic rings. The van der Waals surface area contributed by atoms with Gasteiger partial charge in [-0.2, -0.15) is 0 Å². The van der Waals surface area contributed by atoms with Gasteiger partial charge in [0.1, 0.15) is 0 Å². The molecule has 2 rings (SSSR count).